The summed E-state index contributed by atoms with van der Waals surface area (Å²) in [6.07, 6.45) is 4.58. The number of aliphatic hydroxyl groups excluding tert-OH is 1. The summed E-state index contributed by atoms with van der Waals surface area (Å²) in [6.45, 7) is 8.31. The van der Waals surface area contributed by atoms with Crippen LogP contribution in [0.2, 0.25) is 0 Å². The van der Waals surface area contributed by atoms with Crippen molar-refractivity contribution in [3.8, 4) is 0 Å². The maximum Gasteiger partial charge on any atom is 0.115 e. The monoisotopic (exact) mass is 258 g/mol. The summed E-state index contributed by atoms with van der Waals surface area (Å²) >= 11 is 0. The maximum absolute atomic E-state index is 9.35. The molecule has 0 spiro atoms. The number of fused-ring (bicyclic) bond motifs is 1. The molecule has 2 aliphatic heterocycles. The number of hydrogen-bond acceptors (Lipinski definition) is 3. The summed E-state index contributed by atoms with van der Waals surface area (Å²) in [5, 5.41) is 9.35. The smallest absolute Gasteiger partial charge is 0.115 e. The first-order chi connectivity index (χ1) is 9.24. The number of hydrogen-bond donors (Lipinski definition) is 1. The molecule has 1 aromatic rings. The lowest BCUT2D eigenvalue weighted by molar-refractivity contribution is 0.0287. The molecule has 3 nitrogen and oxygen atoms in total. The van der Waals surface area contributed by atoms with Gasteiger partial charge in [0.05, 0.1) is 6.17 Å². The summed E-state index contributed by atoms with van der Waals surface area (Å²) < 4.78 is 0. The van der Waals surface area contributed by atoms with Crippen LogP contribution >= 0.6 is 0 Å². The van der Waals surface area contributed by atoms with E-state index in [0.29, 0.717) is 6.17 Å². The van der Waals surface area contributed by atoms with Crippen LogP contribution in [0.15, 0.2) is 30.8 Å². The highest BCUT2D eigenvalue weighted by Gasteiger charge is 2.32. The second kappa shape index (κ2) is 5.35. The Morgan fingerprint density at radius 1 is 1.16 bits per heavy atom. The molecule has 102 valence electrons. The molecule has 1 atom stereocenters. The summed E-state index contributed by atoms with van der Waals surface area (Å²) in [4.78, 5) is 5.21. The molecule has 0 radical (unpaired) electrons. The Bertz CT molecular complexity index is 454. The van der Waals surface area contributed by atoms with Gasteiger partial charge in [-0.15, -0.1) is 0 Å². The van der Waals surface area contributed by atoms with Crippen LogP contribution < -0.4 is 0 Å². The van der Waals surface area contributed by atoms with Gasteiger partial charge in [-0.05, 0) is 31.4 Å². The first kappa shape index (κ1) is 12.7. The van der Waals surface area contributed by atoms with Gasteiger partial charge in [-0.25, -0.2) is 0 Å². The Morgan fingerprint density at radius 2 is 1.89 bits per heavy atom. The minimum Gasteiger partial charge on any atom is -0.508 e. The lowest BCUT2D eigenvalue weighted by atomic mass is 10.1. The number of aliphatic hydroxyl groups is 1. The van der Waals surface area contributed by atoms with Crippen molar-refractivity contribution in [3.05, 3.63) is 42.0 Å². The zero-order chi connectivity index (χ0) is 13.2. The van der Waals surface area contributed by atoms with E-state index >= 15 is 0 Å². The molecule has 1 N–H and O–H groups in total. The Morgan fingerprint density at radius 3 is 2.63 bits per heavy atom. The standard InChI is InChI=1S/C16H22N2O/c1-13(19)15-7-5-14(6-8-15)12-18-11-3-10-17-9-2-4-16(17)18/h5-8,16,19H,1-4,9-12H2. The van der Waals surface area contributed by atoms with E-state index in [4.69, 9.17) is 0 Å². The fourth-order valence-corrected chi connectivity index (χ4v) is 3.33. The summed E-state index contributed by atoms with van der Waals surface area (Å²) in [5.41, 5.74) is 2.13. The Hall–Kier alpha value is -1.32. The largest absolute Gasteiger partial charge is 0.508 e. The van der Waals surface area contributed by atoms with Crippen LogP contribution in [0.5, 0.6) is 0 Å². The molecule has 0 aromatic heterocycles. The minimum absolute atomic E-state index is 0.145. The van der Waals surface area contributed by atoms with Crippen molar-refractivity contribution < 1.29 is 5.11 Å². The normalized spacial score (nSPS) is 24.3. The minimum atomic E-state index is 0.145. The van der Waals surface area contributed by atoms with Crippen molar-refractivity contribution in [1.29, 1.82) is 0 Å². The first-order valence-electron chi connectivity index (χ1n) is 7.19. The zero-order valence-corrected chi connectivity index (χ0v) is 11.4. The molecule has 2 saturated heterocycles. The molecular formula is C16H22N2O. The van der Waals surface area contributed by atoms with E-state index in [9.17, 15) is 5.11 Å². The fourth-order valence-electron chi connectivity index (χ4n) is 3.33. The molecule has 3 heteroatoms. The van der Waals surface area contributed by atoms with Crippen LogP contribution in [-0.4, -0.2) is 40.7 Å². The molecule has 2 heterocycles. The molecule has 0 bridgehead atoms. The first-order valence-corrected chi connectivity index (χ1v) is 7.19. The van der Waals surface area contributed by atoms with Gasteiger partial charge >= 0.3 is 0 Å². The third kappa shape index (κ3) is 2.67. The van der Waals surface area contributed by atoms with Gasteiger partial charge in [0, 0.05) is 25.2 Å². The van der Waals surface area contributed by atoms with Gasteiger partial charge in [-0.1, -0.05) is 30.8 Å². The highest BCUT2D eigenvalue weighted by Crippen LogP contribution is 2.26. The summed E-state index contributed by atoms with van der Waals surface area (Å²) in [6, 6.07) is 8.11. The van der Waals surface area contributed by atoms with E-state index < -0.39 is 0 Å². The Balaban J connectivity index is 1.68. The van der Waals surface area contributed by atoms with Gasteiger partial charge in [0.1, 0.15) is 5.76 Å². The molecule has 2 fully saturated rings. The quantitative estimate of drug-likeness (QED) is 0.845. The fraction of sp³-hybridized carbons (Fsp3) is 0.500. The highest BCUT2D eigenvalue weighted by molar-refractivity contribution is 5.55. The molecular weight excluding hydrogens is 236 g/mol. The molecule has 2 aliphatic rings. The van der Waals surface area contributed by atoms with Crippen LogP contribution in [0.25, 0.3) is 5.76 Å². The van der Waals surface area contributed by atoms with Crippen molar-refractivity contribution in [3.63, 3.8) is 0 Å². The van der Waals surface area contributed by atoms with E-state index in [2.05, 4.69) is 28.5 Å². The van der Waals surface area contributed by atoms with Gasteiger partial charge in [0.15, 0.2) is 0 Å². The molecule has 0 aliphatic carbocycles. The van der Waals surface area contributed by atoms with Crippen molar-refractivity contribution in [2.45, 2.75) is 32.0 Å². The van der Waals surface area contributed by atoms with Gasteiger partial charge in [-0.2, -0.15) is 0 Å². The Kier molecular flexibility index (Phi) is 3.58. The molecule has 3 rings (SSSR count). The number of rotatable bonds is 3. The summed E-state index contributed by atoms with van der Waals surface area (Å²) in [5.74, 6) is 0.145. The lowest BCUT2D eigenvalue weighted by Gasteiger charge is -2.40. The van der Waals surface area contributed by atoms with Crippen LogP contribution in [-0.2, 0) is 6.54 Å². The SMILES string of the molecule is C=C(O)c1ccc(CN2CCCN3CCCC32)cc1. The Labute approximate surface area is 115 Å². The van der Waals surface area contributed by atoms with Crippen LogP contribution in [0.4, 0.5) is 0 Å². The number of benzene rings is 1. The third-order valence-electron chi connectivity index (χ3n) is 4.31. The molecule has 0 amide bonds. The van der Waals surface area contributed by atoms with Gasteiger partial charge in [-0.3, -0.25) is 9.80 Å². The molecule has 1 aromatic carbocycles. The van der Waals surface area contributed by atoms with Gasteiger partial charge in [0.25, 0.3) is 0 Å². The van der Waals surface area contributed by atoms with Crippen molar-refractivity contribution in [1.82, 2.24) is 9.80 Å². The van der Waals surface area contributed by atoms with Crippen molar-refractivity contribution in [2.24, 2.45) is 0 Å². The summed E-state index contributed by atoms with van der Waals surface area (Å²) in [7, 11) is 0. The van der Waals surface area contributed by atoms with Crippen molar-refractivity contribution in [2.75, 3.05) is 19.6 Å². The molecule has 0 saturated carbocycles. The predicted octanol–water partition coefficient (Wildman–Crippen LogP) is 2.84. The van der Waals surface area contributed by atoms with E-state index in [-0.39, 0.29) is 5.76 Å². The van der Waals surface area contributed by atoms with Crippen molar-refractivity contribution >= 4 is 5.76 Å². The molecule has 19 heavy (non-hydrogen) atoms. The second-order valence-electron chi connectivity index (χ2n) is 5.63. The van der Waals surface area contributed by atoms with E-state index in [1.54, 1.807) is 0 Å². The lowest BCUT2D eigenvalue weighted by Crippen LogP contribution is -2.49. The van der Waals surface area contributed by atoms with E-state index in [1.165, 1.54) is 44.5 Å². The highest BCUT2D eigenvalue weighted by atomic mass is 16.3. The van der Waals surface area contributed by atoms with Crippen LogP contribution in [0.1, 0.15) is 30.4 Å². The van der Waals surface area contributed by atoms with E-state index in [0.717, 1.165) is 12.1 Å². The number of nitrogens with zero attached hydrogens (tertiary/aromatic N) is 2. The predicted molar refractivity (Wildman–Crippen MR) is 77.7 cm³/mol. The third-order valence-corrected chi connectivity index (χ3v) is 4.31. The van der Waals surface area contributed by atoms with E-state index in [1.807, 2.05) is 12.1 Å². The average molecular weight is 258 g/mol. The second-order valence-corrected chi connectivity index (χ2v) is 5.63. The average Bonchev–Trinajstić information content (AvgIpc) is 2.89. The maximum atomic E-state index is 9.35. The zero-order valence-electron chi connectivity index (χ0n) is 11.4. The topological polar surface area (TPSA) is 26.7 Å². The van der Waals surface area contributed by atoms with Gasteiger partial charge in [0.2, 0.25) is 0 Å². The van der Waals surface area contributed by atoms with Gasteiger partial charge < -0.3 is 5.11 Å². The van der Waals surface area contributed by atoms with Crippen LogP contribution in [0, 0.1) is 0 Å². The van der Waals surface area contributed by atoms with Crippen LogP contribution in [0.3, 0.4) is 0 Å². The molecule has 1 unspecified atom stereocenters.